The fourth-order valence-electron chi connectivity index (χ4n) is 1.39. The maximum atomic E-state index is 11.5. The summed E-state index contributed by atoms with van der Waals surface area (Å²) in [5, 5.41) is 0. The minimum atomic E-state index is -0.131. The van der Waals surface area contributed by atoms with E-state index in [1.807, 2.05) is 19.0 Å². The van der Waals surface area contributed by atoms with Gasteiger partial charge in [0.05, 0.1) is 6.54 Å². The monoisotopic (exact) mass is 215 g/mol. The van der Waals surface area contributed by atoms with Gasteiger partial charge in [0.1, 0.15) is 6.10 Å². The number of carbonyl (C=O) groups is 1. The van der Waals surface area contributed by atoms with Gasteiger partial charge >= 0.3 is 5.97 Å². The van der Waals surface area contributed by atoms with Crippen molar-refractivity contribution in [2.75, 3.05) is 20.6 Å². The van der Waals surface area contributed by atoms with Gasteiger partial charge in [-0.15, -0.1) is 0 Å². The van der Waals surface area contributed by atoms with Crippen molar-refractivity contribution >= 4 is 5.97 Å². The van der Waals surface area contributed by atoms with Crippen molar-refractivity contribution in [2.45, 2.75) is 46.6 Å². The molecular weight excluding hydrogens is 190 g/mol. The Morgan fingerprint density at radius 1 is 1.33 bits per heavy atom. The Balaban J connectivity index is 4.23. The van der Waals surface area contributed by atoms with Crippen LogP contribution in [0, 0.1) is 5.41 Å². The van der Waals surface area contributed by atoms with Crippen molar-refractivity contribution in [3.63, 3.8) is 0 Å². The summed E-state index contributed by atoms with van der Waals surface area (Å²) in [7, 11) is 3.74. The van der Waals surface area contributed by atoms with E-state index in [9.17, 15) is 4.79 Å². The van der Waals surface area contributed by atoms with E-state index in [2.05, 4.69) is 27.7 Å². The van der Waals surface area contributed by atoms with Gasteiger partial charge in [-0.3, -0.25) is 9.69 Å². The molecular formula is C12H25NO2. The summed E-state index contributed by atoms with van der Waals surface area (Å²) in [6.45, 7) is 8.79. The number of esters is 1. The van der Waals surface area contributed by atoms with Crippen LogP contribution in [0.5, 0.6) is 0 Å². The molecule has 0 aliphatic carbocycles. The van der Waals surface area contributed by atoms with E-state index in [4.69, 9.17) is 4.74 Å². The fourth-order valence-corrected chi connectivity index (χ4v) is 1.39. The molecule has 0 N–H and O–H groups in total. The lowest BCUT2D eigenvalue weighted by Gasteiger charge is -2.30. The molecule has 0 saturated heterocycles. The van der Waals surface area contributed by atoms with Crippen LogP contribution in [0.3, 0.4) is 0 Å². The Morgan fingerprint density at radius 2 is 1.87 bits per heavy atom. The summed E-state index contributed by atoms with van der Waals surface area (Å²) in [5.41, 5.74) is 0.0258. The summed E-state index contributed by atoms with van der Waals surface area (Å²) < 4.78 is 5.49. The molecule has 0 fully saturated rings. The first-order valence-electron chi connectivity index (χ1n) is 5.61. The van der Waals surface area contributed by atoms with Crippen molar-refractivity contribution in [3.05, 3.63) is 0 Å². The summed E-state index contributed by atoms with van der Waals surface area (Å²) in [5.74, 6) is -0.131. The van der Waals surface area contributed by atoms with Crippen molar-refractivity contribution in [2.24, 2.45) is 5.41 Å². The Kier molecular flexibility index (Phi) is 5.88. The molecule has 15 heavy (non-hydrogen) atoms. The maximum absolute atomic E-state index is 11.5. The molecule has 1 unspecified atom stereocenters. The first-order valence-corrected chi connectivity index (χ1v) is 5.61. The Bertz CT molecular complexity index is 194. The summed E-state index contributed by atoms with van der Waals surface area (Å²) in [4.78, 5) is 13.3. The largest absolute Gasteiger partial charge is 0.461 e. The highest BCUT2D eigenvalue weighted by molar-refractivity contribution is 5.71. The Hall–Kier alpha value is -0.570. The van der Waals surface area contributed by atoms with Gasteiger partial charge in [0.15, 0.2) is 0 Å². The van der Waals surface area contributed by atoms with Crippen LogP contribution in [-0.4, -0.2) is 37.6 Å². The first-order chi connectivity index (χ1) is 6.77. The third-order valence-corrected chi connectivity index (χ3v) is 2.24. The van der Waals surface area contributed by atoms with Crippen LogP contribution in [0.25, 0.3) is 0 Å². The molecule has 3 nitrogen and oxygen atoms in total. The van der Waals surface area contributed by atoms with Gasteiger partial charge in [-0.1, -0.05) is 34.1 Å². The van der Waals surface area contributed by atoms with E-state index in [1.165, 1.54) is 0 Å². The van der Waals surface area contributed by atoms with Crippen LogP contribution < -0.4 is 0 Å². The van der Waals surface area contributed by atoms with Crippen LogP contribution >= 0.6 is 0 Å². The SMILES string of the molecule is CCCC(OC(=O)CN(C)C)C(C)(C)C. The molecule has 0 amide bonds. The predicted molar refractivity (Wildman–Crippen MR) is 62.8 cm³/mol. The predicted octanol–water partition coefficient (Wildman–Crippen LogP) is 2.31. The Morgan fingerprint density at radius 3 is 2.20 bits per heavy atom. The second-order valence-corrected chi connectivity index (χ2v) is 5.37. The summed E-state index contributed by atoms with van der Waals surface area (Å²) >= 11 is 0. The molecule has 0 aliphatic rings. The molecule has 0 rings (SSSR count). The minimum Gasteiger partial charge on any atom is -0.461 e. The molecule has 0 bridgehead atoms. The standard InChI is InChI=1S/C12H25NO2/c1-7-8-10(12(2,3)4)15-11(14)9-13(5)6/h10H,7-9H2,1-6H3. The van der Waals surface area contributed by atoms with Crippen molar-refractivity contribution in [1.29, 1.82) is 0 Å². The number of hydrogen-bond acceptors (Lipinski definition) is 3. The molecule has 0 heterocycles. The number of carbonyl (C=O) groups excluding carboxylic acids is 1. The van der Waals surface area contributed by atoms with Gasteiger partial charge in [-0.2, -0.15) is 0 Å². The van der Waals surface area contributed by atoms with E-state index in [0.29, 0.717) is 6.54 Å². The average Bonchev–Trinajstić information content (AvgIpc) is 2.00. The normalized spacial score (nSPS) is 14.1. The number of rotatable bonds is 5. The van der Waals surface area contributed by atoms with Gasteiger partial charge in [0.2, 0.25) is 0 Å². The van der Waals surface area contributed by atoms with Crippen LogP contribution in [0.15, 0.2) is 0 Å². The van der Waals surface area contributed by atoms with Gasteiger partial charge in [-0.05, 0) is 25.9 Å². The molecule has 0 saturated carbocycles. The third kappa shape index (κ3) is 6.50. The molecule has 90 valence electrons. The molecule has 0 aromatic rings. The second-order valence-electron chi connectivity index (χ2n) is 5.37. The van der Waals surface area contributed by atoms with E-state index in [0.717, 1.165) is 12.8 Å². The van der Waals surface area contributed by atoms with Crippen LogP contribution in [0.2, 0.25) is 0 Å². The lowest BCUT2D eigenvalue weighted by molar-refractivity contribution is -0.155. The maximum Gasteiger partial charge on any atom is 0.320 e. The van der Waals surface area contributed by atoms with E-state index in [-0.39, 0.29) is 17.5 Å². The first kappa shape index (κ1) is 14.4. The average molecular weight is 215 g/mol. The van der Waals surface area contributed by atoms with Crippen LogP contribution in [0.4, 0.5) is 0 Å². The van der Waals surface area contributed by atoms with E-state index < -0.39 is 0 Å². The van der Waals surface area contributed by atoms with Crippen LogP contribution in [0.1, 0.15) is 40.5 Å². The smallest absolute Gasteiger partial charge is 0.320 e. The van der Waals surface area contributed by atoms with Gasteiger partial charge < -0.3 is 4.74 Å². The second kappa shape index (κ2) is 6.11. The van der Waals surface area contributed by atoms with Crippen molar-refractivity contribution < 1.29 is 9.53 Å². The zero-order valence-corrected chi connectivity index (χ0v) is 11.0. The zero-order chi connectivity index (χ0) is 12.1. The Labute approximate surface area is 93.8 Å². The molecule has 0 aliphatic heterocycles. The molecule has 0 aromatic carbocycles. The minimum absolute atomic E-state index is 0.0231. The van der Waals surface area contributed by atoms with Gasteiger partial charge in [-0.25, -0.2) is 0 Å². The van der Waals surface area contributed by atoms with E-state index in [1.54, 1.807) is 0 Å². The quantitative estimate of drug-likeness (QED) is 0.659. The lowest BCUT2D eigenvalue weighted by atomic mass is 9.86. The molecule has 0 aromatic heterocycles. The lowest BCUT2D eigenvalue weighted by Crippen LogP contribution is -2.34. The van der Waals surface area contributed by atoms with Gasteiger partial charge in [0, 0.05) is 0 Å². The third-order valence-electron chi connectivity index (χ3n) is 2.24. The summed E-state index contributed by atoms with van der Waals surface area (Å²) in [6.07, 6.45) is 2.00. The fraction of sp³-hybridized carbons (Fsp3) is 0.917. The number of hydrogen-bond donors (Lipinski definition) is 0. The number of ether oxygens (including phenoxy) is 1. The van der Waals surface area contributed by atoms with E-state index >= 15 is 0 Å². The number of nitrogens with zero attached hydrogens (tertiary/aromatic N) is 1. The highest BCUT2D eigenvalue weighted by Gasteiger charge is 2.27. The van der Waals surface area contributed by atoms with Crippen molar-refractivity contribution in [1.82, 2.24) is 4.90 Å². The molecule has 3 heteroatoms. The topological polar surface area (TPSA) is 29.5 Å². The van der Waals surface area contributed by atoms with Crippen LogP contribution in [-0.2, 0) is 9.53 Å². The molecule has 1 atom stereocenters. The highest BCUT2D eigenvalue weighted by atomic mass is 16.5. The number of likely N-dealkylation sites (N-methyl/N-ethyl adjacent to an activating group) is 1. The highest BCUT2D eigenvalue weighted by Crippen LogP contribution is 2.25. The van der Waals surface area contributed by atoms with Crippen molar-refractivity contribution in [3.8, 4) is 0 Å². The summed E-state index contributed by atoms with van der Waals surface area (Å²) in [6, 6.07) is 0. The molecule has 0 spiro atoms. The van der Waals surface area contributed by atoms with Gasteiger partial charge in [0.25, 0.3) is 0 Å². The molecule has 0 radical (unpaired) electrons. The zero-order valence-electron chi connectivity index (χ0n) is 11.0.